The maximum absolute atomic E-state index is 12.6. The Kier molecular flexibility index (Phi) is 5.31. The first-order valence-corrected chi connectivity index (χ1v) is 8.85. The van der Waals surface area contributed by atoms with E-state index in [9.17, 15) is 9.59 Å². The third-order valence-corrected chi connectivity index (χ3v) is 4.27. The highest BCUT2D eigenvalue weighted by Gasteiger charge is 2.18. The molecule has 0 radical (unpaired) electrons. The Morgan fingerprint density at radius 3 is 2.54 bits per heavy atom. The fraction of sp³-hybridized carbons (Fsp3) is 0.312. The molecule has 0 saturated heterocycles. The number of carbonyl (C=O) groups is 1. The molecule has 26 heavy (non-hydrogen) atoms. The minimum atomic E-state index is -0.529. The Labute approximate surface area is 157 Å². The summed E-state index contributed by atoms with van der Waals surface area (Å²) < 4.78 is 10.3. The van der Waals surface area contributed by atoms with Gasteiger partial charge in [-0.3, -0.25) is 0 Å². The fourth-order valence-corrected chi connectivity index (χ4v) is 2.86. The molecule has 0 aliphatic rings. The summed E-state index contributed by atoms with van der Waals surface area (Å²) in [6, 6.07) is 6.76. The lowest BCUT2D eigenvalue weighted by Gasteiger charge is -2.10. The number of halogens is 1. The van der Waals surface area contributed by atoms with Gasteiger partial charge in [-0.2, -0.15) is 14.5 Å². The molecule has 0 bridgehead atoms. The second kappa shape index (κ2) is 7.65. The third-order valence-electron chi connectivity index (χ3n) is 3.78. The largest absolute Gasteiger partial charge is 0.404 e. The number of aryl methyl sites for hydroxylation is 2. The van der Waals surface area contributed by atoms with E-state index in [1.807, 2.05) is 6.92 Å². The summed E-state index contributed by atoms with van der Waals surface area (Å²) in [6.07, 6.45) is 1.57. The monoisotopic (exact) mass is 420 g/mol. The summed E-state index contributed by atoms with van der Waals surface area (Å²) in [6.45, 7) is 4.82. The Hall–Kier alpha value is -2.75. The average Bonchev–Trinajstić information content (AvgIpc) is 3.21. The van der Waals surface area contributed by atoms with Crippen LogP contribution in [-0.2, 0) is 19.6 Å². The zero-order valence-electron chi connectivity index (χ0n) is 14.3. The zero-order chi connectivity index (χ0) is 18.7. The summed E-state index contributed by atoms with van der Waals surface area (Å²) in [7, 11) is 0. The lowest BCUT2D eigenvalue weighted by molar-refractivity contribution is 0.0717. The minimum Gasteiger partial charge on any atom is -0.404 e. The summed E-state index contributed by atoms with van der Waals surface area (Å²) in [5, 5.41) is 11.7. The van der Waals surface area contributed by atoms with Gasteiger partial charge in [0.15, 0.2) is 0 Å². The van der Waals surface area contributed by atoms with Crippen molar-refractivity contribution in [1.82, 2.24) is 29.6 Å². The van der Waals surface area contributed by atoms with E-state index in [2.05, 4.69) is 31.5 Å². The van der Waals surface area contributed by atoms with Crippen LogP contribution in [0.4, 0.5) is 0 Å². The quantitative estimate of drug-likeness (QED) is 0.563. The maximum Gasteiger partial charge on any atom is 0.363 e. The molecule has 0 amide bonds. The van der Waals surface area contributed by atoms with Crippen molar-refractivity contribution >= 4 is 21.9 Å². The Bertz CT molecular complexity index is 990. The van der Waals surface area contributed by atoms with Crippen molar-refractivity contribution in [2.75, 3.05) is 0 Å². The number of benzene rings is 1. The zero-order valence-corrected chi connectivity index (χ0v) is 15.9. The van der Waals surface area contributed by atoms with Crippen LogP contribution in [0, 0.1) is 0 Å². The van der Waals surface area contributed by atoms with Gasteiger partial charge in [-0.05, 0) is 48.0 Å². The number of hydrogen-bond acceptors (Lipinski definition) is 6. The molecule has 1 aromatic carbocycles. The molecule has 3 aromatic rings. The van der Waals surface area contributed by atoms with Crippen molar-refractivity contribution < 1.29 is 9.53 Å². The van der Waals surface area contributed by atoms with Crippen LogP contribution in [0.25, 0.3) is 0 Å². The molecular formula is C16H17BrN6O3. The van der Waals surface area contributed by atoms with Crippen molar-refractivity contribution in [1.29, 1.82) is 0 Å². The lowest BCUT2D eigenvalue weighted by atomic mass is 10.1. The van der Waals surface area contributed by atoms with Gasteiger partial charge in [0.05, 0.1) is 18.3 Å². The number of hydrogen-bond donors (Lipinski definition) is 0. The first-order valence-electron chi connectivity index (χ1n) is 8.06. The van der Waals surface area contributed by atoms with Crippen LogP contribution >= 0.6 is 15.9 Å². The number of nitrogens with zero attached hydrogens (tertiary/aromatic N) is 6. The topological polar surface area (TPSA) is 96.8 Å². The second-order valence-corrected chi connectivity index (χ2v) is 6.33. The van der Waals surface area contributed by atoms with Crippen LogP contribution in [0.5, 0.6) is 5.88 Å². The molecule has 136 valence electrons. The first kappa shape index (κ1) is 18.1. The fourth-order valence-electron chi connectivity index (χ4n) is 2.45. The Morgan fingerprint density at radius 1 is 1.12 bits per heavy atom. The van der Waals surface area contributed by atoms with E-state index in [4.69, 9.17) is 4.74 Å². The van der Waals surface area contributed by atoms with Crippen molar-refractivity contribution in [3.63, 3.8) is 0 Å². The molecule has 3 rings (SSSR count). The summed E-state index contributed by atoms with van der Waals surface area (Å²) >= 11 is 3.38. The number of rotatable bonds is 6. The SMILES string of the molecule is CCn1nccc1OC(=O)c1ccc(Br)cc1Cn1nnn(CC)c1=O. The van der Waals surface area contributed by atoms with Crippen molar-refractivity contribution in [3.05, 3.63) is 56.5 Å². The van der Waals surface area contributed by atoms with Gasteiger partial charge in [0.2, 0.25) is 5.88 Å². The van der Waals surface area contributed by atoms with E-state index >= 15 is 0 Å². The van der Waals surface area contributed by atoms with Crippen molar-refractivity contribution in [2.24, 2.45) is 0 Å². The molecule has 0 saturated carbocycles. The van der Waals surface area contributed by atoms with Crippen LogP contribution in [0.1, 0.15) is 29.8 Å². The molecule has 0 fully saturated rings. The molecular weight excluding hydrogens is 404 g/mol. The highest BCUT2D eigenvalue weighted by atomic mass is 79.9. The molecule has 0 aliphatic carbocycles. The maximum atomic E-state index is 12.6. The standard InChI is InChI=1S/C16H17BrN6O3/c1-3-21-14(7-8-18-21)26-15(24)13-6-5-12(17)9-11(13)10-23-16(25)22(4-2)19-20-23/h5-9H,3-4,10H2,1-2H3. The highest BCUT2D eigenvalue weighted by Crippen LogP contribution is 2.20. The van der Waals surface area contributed by atoms with E-state index in [0.717, 1.165) is 4.47 Å². The van der Waals surface area contributed by atoms with Gasteiger partial charge in [-0.1, -0.05) is 15.9 Å². The smallest absolute Gasteiger partial charge is 0.363 e. The molecule has 10 heteroatoms. The van der Waals surface area contributed by atoms with Gasteiger partial charge in [-0.25, -0.2) is 14.3 Å². The number of tetrazole rings is 1. The third kappa shape index (κ3) is 3.59. The average molecular weight is 421 g/mol. The minimum absolute atomic E-state index is 0.107. The van der Waals surface area contributed by atoms with E-state index in [-0.39, 0.29) is 12.2 Å². The number of carbonyl (C=O) groups excluding carboxylic acids is 1. The van der Waals surface area contributed by atoms with E-state index in [0.29, 0.717) is 30.1 Å². The van der Waals surface area contributed by atoms with Crippen LogP contribution in [0.2, 0.25) is 0 Å². The molecule has 2 aromatic heterocycles. The van der Waals surface area contributed by atoms with Gasteiger partial charge in [0.25, 0.3) is 0 Å². The van der Waals surface area contributed by atoms with E-state index in [1.165, 1.54) is 9.36 Å². The van der Waals surface area contributed by atoms with Crippen LogP contribution < -0.4 is 10.4 Å². The van der Waals surface area contributed by atoms with Gasteiger partial charge in [-0.15, -0.1) is 0 Å². The highest BCUT2D eigenvalue weighted by molar-refractivity contribution is 9.10. The molecule has 2 heterocycles. The Balaban J connectivity index is 1.91. The van der Waals surface area contributed by atoms with Gasteiger partial charge in [0.1, 0.15) is 0 Å². The number of aromatic nitrogens is 6. The predicted molar refractivity (Wildman–Crippen MR) is 96.1 cm³/mol. The van der Waals surface area contributed by atoms with Gasteiger partial charge < -0.3 is 4.74 Å². The molecule has 0 N–H and O–H groups in total. The van der Waals surface area contributed by atoms with Gasteiger partial charge in [0, 0.05) is 23.6 Å². The number of esters is 1. The van der Waals surface area contributed by atoms with E-state index < -0.39 is 5.97 Å². The Morgan fingerprint density at radius 2 is 1.85 bits per heavy atom. The summed E-state index contributed by atoms with van der Waals surface area (Å²) in [5.74, 6) is -0.168. The second-order valence-electron chi connectivity index (χ2n) is 5.41. The normalized spacial score (nSPS) is 10.9. The molecule has 9 nitrogen and oxygen atoms in total. The van der Waals surface area contributed by atoms with Crippen molar-refractivity contribution in [2.45, 2.75) is 33.5 Å². The van der Waals surface area contributed by atoms with Crippen LogP contribution in [0.3, 0.4) is 0 Å². The van der Waals surface area contributed by atoms with E-state index in [1.54, 1.807) is 42.1 Å². The molecule has 0 aliphatic heterocycles. The molecule has 0 unspecified atom stereocenters. The summed E-state index contributed by atoms with van der Waals surface area (Å²) in [5.41, 5.74) is 0.600. The number of ether oxygens (including phenoxy) is 1. The lowest BCUT2D eigenvalue weighted by Crippen LogP contribution is -2.26. The first-order chi connectivity index (χ1) is 12.5. The summed E-state index contributed by atoms with van der Waals surface area (Å²) in [4.78, 5) is 24.8. The van der Waals surface area contributed by atoms with Crippen LogP contribution in [-0.4, -0.2) is 35.5 Å². The molecule has 0 spiro atoms. The predicted octanol–water partition coefficient (Wildman–Crippen LogP) is 1.71. The van der Waals surface area contributed by atoms with Gasteiger partial charge >= 0.3 is 11.7 Å². The van der Waals surface area contributed by atoms with Crippen molar-refractivity contribution in [3.8, 4) is 5.88 Å². The molecule has 0 atom stereocenters. The van der Waals surface area contributed by atoms with Crippen LogP contribution in [0.15, 0.2) is 39.7 Å².